The summed E-state index contributed by atoms with van der Waals surface area (Å²) in [5, 5.41) is 9.62. The molecule has 3 nitrogen and oxygen atoms in total. The molecule has 0 aromatic heterocycles. The van der Waals surface area contributed by atoms with Gasteiger partial charge >= 0.3 is 0 Å². The van der Waals surface area contributed by atoms with Gasteiger partial charge in [-0.25, -0.2) is 8.42 Å². The Hall–Kier alpha value is -1.34. The van der Waals surface area contributed by atoms with Crippen molar-refractivity contribution >= 4 is 9.84 Å². The number of fused-ring (bicyclic) bond motifs is 1. The van der Waals surface area contributed by atoms with Crippen LogP contribution in [0.2, 0.25) is 0 Å². The number of nitriles is 1. The number of sulfone groups is 1. The minimum absolute atomic E-state index is 0.0679. The van der Waals surface area contributed by atoms with Gasteiger partial charge in [-0.2, -0.15) is 5.26 Å². The first-order valence-electron chi connectivity index (χ1n) is 6.94. The summed E-state index contributed by atoms with van der Waals surface area (Å²) in [6.07, 6.45) is 1.97. The van der Waals surface area contributed by atoms with Gasteiger partial charge in [0.1, 0.15) is 0 Å². The lowest BCUT2D eigenvalue weighted by atomic mass is 9.81. The molecule has 0 spiro atoms. The number of hydrogen-bond donors (Lipinski definition) is 0. The van der Waals surface area contributed by atoms with Crippen LogP contribution in [0, 0.1) is 11.3 Å². The van der Waals surface area contributed by atoms with Crippen LogP contribution in [0.1, 0.15) is 44.7 Å². The standard InChI is InChI=1S/C16H21NO2S/c1-15(2,3)20(18,19)11-10-16(12-17)9-8-13-6-4-5-7-14(13)16/h4-7H,8-11H2,1-3H3. The van der Waals surface area contributed by atoms with Gasteiger partial charge in [-0.3, -0.25) is 0 Å². The second kappa shape index (κ2) is 4.89. The molecule has 1 aliphatic rings. The maximum Gasteiger partial charge on any atom is 0.155 e. The lowest BCUT2D eigenvalue weighted by Gasteiger charge is -2.25. The molecule has 1 aliphatic carbocycles. The van der Waals surface area contributed by atoms with Crippen molar-refractivity contribution in [3.63, 3.8) is 0 Å². The van der Waals surface area contributed by atoms with Crippen LogP contribution in [0.3, 0.4) is 0 Å². The van der Waals surface area contributed by atoms with Crippen molar-refractivity contribution < 1.29 is 8.42 Å². The summed E-state index contributed by atoms with van der Waals surface area (Å²) in [5.74, 6) is 0.0679. The fourth-order valence-electron chi connectivity index (χ4n) is 2.73. The van der Waals surface area contributed by atoms with Crippen LogP contribution in [-0.4, -0.2) is 18.9 Å². The van der Waals surface area contributed by atoms with Crippen molar-refractivity contribution in [2.75, 3.05) is 5.75 Å². The maximum absolute atomic E-state index is 12.3. The average Bonchev–Trinajstić information content (AvgIpc) is 2.75. The fraction of sp³-hybridized carbons (Fsp3) is 0.562. The molecule has 1 atom stereocenters. The van der Waals surface area contributed by atoms with E-state index < -0.39 is 20.0 Å². The molecule has 20 heavy (non-hydrogen) atoms. The van der Waals surface area contributed by atoms with Gasteiger partial charge in [-0.15, -0.1) is 0 Å². The molecule has 1 unspecified atom stereocenters. The number of rotatable bonds is 3. The van der Waals surface area contributed by atoms with Crippen molar-refractivity contribution in [2.24, 2.45) is 0 Å². The summed E-state index contributed by atoms with van der Waals surface area (Å²) in [6.45, 7) is 5.14. The molecule has 0 N–H and O–H groups in total. The van der Waals surface area contributed by atoms with Crippen molar-refractivity contribution in [3.05, 3.63) is 35.4 Å². The molecule has 0 heterocycles. The number of benzene rings is 1. The van der Waals surface area contributed by atoms with Crippen LogP contribution in [0.25, 0.3) is 0 Å². The van der Waals surface area contributed by atoms with Crippen LogP contribution >= 0.6 is 0 Å². The second-order valence-electron chi connectivity index (χ2n) is 6.53. The van der Waals surface area contributed by atoms with Gasteiger partial charge in [0.15, 0.2) is 9.84 Å². The van der Waals surface area contributed by atoms with E-state index in [0.29, 0.717) is 6.42 Å². The molecule has 0 radical (unpaired) electrons. The molecular weight excluding hydrogens is 270 g/mol. The highest BCUT2D eigenvalue weighted by Crippen LogP contribution is 2.41. The first-order valence-corrected chi connectivity index (χ1v) is 8.59. The van der Waals surface area contributed by atoms with Crippen LogP contribution in [0.5, 0.6) is 0 Å². The third kappa shape index (κ3) is 2.47. The Morgan fingerprint density at radius 1 is 1.30 bits per heavy atom. The van der Waals surface area contributed by atoms with E-state index in [-0.39, 0.29) is 5.75 Å². The smallest absolute Gasteiger partial charge is 0.155 e. The van der Waals surface area contributed by atoms with E-state index in [9.17, 15) is 13.7 Å². The van der Waals surface area contributed by atoms with Crippen molar-refractivity contribution in [1.29, 1.82) is 5.26 Å². The number of nitrogens with zero attached hydrogens (tertiary/aromatic N) is 1. The van der Waals surface area contributed by atoms with E-state index in [1.54, 1.807) is 20.8 Å². The molecule has 0 saturated heterocycles. The van der Waals surface area contributed by atoms with E-state index in [1.165, 1.54) is 5.56 Å². The summed E-state index contributed by atoms with van der Waals surface area (Å²) in [5.41, 5.74) is 1.57. The zero-order valence-electron chi connectivity index (χ0n) is 12.3. The van der Waals surface area contributed by atoms with Gasteiger partial charge in [0.05, 0.1) is 22.0 Å². The second-order valence-corrected chi connectivity index (χ2v) is 9.39. The van der Waals surface area contributed by atoms with E-state index >= 15 is 0 Å². The molecule has 4 heteroatoms. The molecule has 0 fully saturated rings. The normalized spacial score (nSPS) is 22.3. The van der Waals surface area contributed by atoms with Crippen molar-refractivity contribution in [2.45, 2.75) is 50.2 Å². The van der Waals surface area contributed by atoms with Gasteiger partial charge < -0.3 is 0 Å². The first kappa shape index (κ1) is 15.1. The quantitative estimate of drug-likeness (QED) is 0.860. The van der Waals surface area contributed by atoms with E-state index in [2.05, 4.69) is 6.07 Å². The highest BCUT2D eigenvalue weighted by Gasteiger charge is 2.41. The average molecular weight is 291 g/mol. The molecule has 0 bridgehead atoms. The largest absolute Gasteiger partial charge is 0.228 e. The topological polar surface area (TPSA) is 57.9 Å². The van der Waals surface area contributed by atoms with Crippen LogP contribution in [-0.2, 0) is 21.7 Å². The zero-order chi connectivity index (χ0) is 15.0. The molecule has 0 aliphatic heterocycles. The molecule has 1 aromatic carbocycles. The Labute approximate surface area is 121 Å². The summed E-state index contributed by atoms with van der Waals surface area (Å²) >= 11 is 0. The predicted octanol–water partition coefficient (Wildman–Crippen LogP) is 3.00. The minimum Gasteiger partial charge on any atom is -0.228 e. The summed E-state index contributed by atoms with van der Waals surface area (Å²) in [6, 6.07) is 10.3. The van der Waals surface area contributed by atoms with Crippen molar-refractivity contribution in [1.82, 2.24) is 0 Å². The van der Waals surface area contributed by atoms with Crippen molar-refractivity contribution in [3.8, 4) is 6.07 Å². The maximum atomic E-state index is 12.3. The summed E-state index contributed by atoms with van der Waals surface area (Å²) in [7, 11) is -3.19. The molecule has 1 aromatic rings. The monoisotopic (exact) mass is 291 g/mol. The first-order chi connectivity index (χ1) is 9.22. The van der Waals surface area contributed by atoms with Gasteiger partial charge in [0.2, 0.25) is 0 Å². The Balaban J connectivity index is 2.27. The van der Waals surface area contributed by atoms with E-state index in [4.69, 9.17) is 0 Å². The van der Waals surface area contributed by atoms with Crippen LogP contribution < -0.4 is 0 Å². The number of hydrogen-bond acceptors (Lipinski definition) is 3. The third-order valence-electron chi connectivity index (χ3n) is 4.30. The SMILES string of the molecule is CC(C)(C)S(=O)(=O)CCC1(C#N)CCc2ccccc21. The molecule has 0 amide bonds. The van der Waals surface area contributed by atoms with Crippen LogP contribution in [0.4, 0.5) is 0 Å². The van der Waals surface area contributed by atoms with E-state index in [0.717, 1.165) is 18.4 Å². The predicted molar refractivity (Wildman–Crippen MR) is 80.2 cm³/mol. The van der Waals surface area contributed by atoms with E-state index in [1.807, 2.05) is 24.3 Å². The Morgan fingerprint density at radius 2 is 1.95 bits per heavy atom. The molecule has 108 valence electrons. The number of aryl methyl sites for hydroxylation is 1. The van der Waals surface area contributed by atoms with Gasteiger partial charge in [-0.05, 0) is 51.2 Å². The minimum atomic E-state index is -3.19. The van der Waals surface area contributed by atoms with Gasteiger partial charge in [0.25, 0.3) is 0 Å². The van der Waals surface area contributed by atoms with Crippen LogP contribution in [0.15, 0.2) is 24.3 Å². The highest BCUT2D eigenvalue weighted by molar-refractivity contribution is 7.92. The third-order valence-corrected chi connectivity index (χ3v) is 6.91. The fourth-order valence-corrected chi connectivity index (χ4v) is 3.96. The summed E-state index contributed by atoms with van der Waals surface area (Å²) < 4.78 is 23.8. The van der Waals surface area contributed by atoms with Gasteiger partial charge in [-0.1, -0.05) is 24.3 Å². The Kier molecular flexibility index (Phi) is 3.68. The summed E-state index contributed by atoms with van der Waals surface area (Å²) in [4.78, 5) is 0. The highest BCUT2D eigenvalue weighted by atomic mass is 32.2. The molecular formula is C16H21NO2S. The Morgan fingerprint density at radius 3 is 2.55 bits per heavy atom. The lowest BCUT2D eigenvalue weighted by molar-refractivity contribution is 0.507. The lowest BCUT2D eigenvalue weighted by Crippen LogP contribution is -2.34. The zero-order valence-corrected chi connectivity index (χ0v) is 13.1. The molecule has 2 rings (SSSR count). The molecule has 0 saturated carbocycles. The Bertz CT molecular complexity index is 650. The van der Waals surface area contributed by atoms with Gasteiger partial charge in [0, 0.05) is 0 Å².